The van der Waals surface area contributed by atoms with Gasteiger partial charge in [-0.25, -0.2) is 0 Å². The molecule has 0 aliphatic rings. The highest BCUT2D eigenvalue weighted by Crippen LogP contribution is 2.20. The van der Waals surface area contributed by atoms with E-state index in [1.165, 1.54) is 51.4 Å². The van der Waals surface area contributed by atoms with Gasteiger partial charge >= 0.3 is 0 Å². The molecule has 0 fully saturated rings. The first-order valence-electron chi connectivity index (χ1n) is 8.86. The molecule has 0 bridgehead atoms. The molecule has 0 aromatic heterocycles. The third kappa shape index (κ3) is 10.8. The highest BCUT2D eigenvalue weighted by Gasteiger charge is 2.34. The molecule has 0 saturated carbocycles. The van der Waals surface area contributed by atoms with Crippen LogP contribution in [0.3, 0.4) is 0 Å². The van der Waals surface area contributed by atoms with Crippen molar-refractivity contribution in [3.63, 3.8) is 0 Å². The minimum atomic E-state index is -1.35. The molecule has 5 N–H and O–H groups in total. The van der Waals surface area contributed by atoms with Crippen LogP contribution in [0.2, 0.25) is 0 Å². The molecule has 0 spiro atoms. The molecule has 0 aliphatic heterocycles. The predicted molar refractivity (Wildman–Crippen MR) is 92.9 cm³/mol. The van der Waals surface area contributed by atoms with Crippen LogP contribution in [0.25, 0.3) is 0 Å². The lowest BCUT2D eigenvalue weighted by molar-refractivity contribution is 0.0412. The fraction of sp³-hybridized carbons (Fsp3) is 1.00. The number of alkyl halides is 1. The molecule has 0 aromatic rings. The second-order valence-electron chi connectivity index (χ2n) is 6.56. The van der Waals surface area contributed by atoms with E-state index in [9.17, 15) is 15.3 Å². The van der Waals surface area contributed by atoms with E-state index in [0.717, 1.165) is 12.8 Å². The zero-order chi connectivity index (χ0) is 16.8. The molecule has 3 unspecified atom stereocenters. The molecule has 0 aromatic carbocycles. The summed E-state index contributed by atoms with van der Waals surface area (Å²) in [6, 6.07) is 0. The topological polar surface area (TPSA) is 86.7 Å². The Morgan fingerprint density at radius 1 is 0.909 bits per heavy atom. The number of halogens is 1. The van der Waals surface area contributed by atoms with Crippen LogP contribution in [0.4, 0.5) is 0 Å². The normalized spacial score (nSPS) is 17.2. The van der Waals surface area contributed by atoms with Gasteiger partial charge in [0.25, 0.3) is 0 Å². The van der Waals surface area contributed by atoms with Crippen LogP contribution >= 0.6 is 11.6 Å². The summed E-state index contributed by atoms with van der Waals surface area (Å²) in [6.07, 6.45) is 12.6. The number of unbranched alkanes of at least 4 members (excludes halogenated alkanes) is 9. The van der Waals surface area contributed by atoms with Gasteiger partial charge in [-0.3, -0.25) is 0 Å². The lowest BCUT2D eigenvalue weighted by Crippen LogP contribution is -2.53. The number of rotatable bonds is 15. The summed E-state index contributed by atoms with van der Waals surface area (Å²) in [6.45, 7) is 1.80. The van der Waals surface area contributed by atoms with E-state index in [1.807, 2.05) is 0 Å². The summed E-state index contributed by atoms with van der Waals surface area (Å²) in [5, 5.41) is 28.4. The second kappa shape index (κ2) is 13.6. The van der Waals surface area contributed by atoms with Crippen molar-refractivity contribution in [3.8, 4) is 0 Å². The van der Waals surface area contributed by atoms with Gasteiger partial charge in [0, 0.05) is 0 Å². The van der Waals surface area contributed by atoms with Crippen molar-refractivity contribution >= 4 is 11.6 Å². The Bertz CT molecular complexity index is 254. The maximum Gasteiger partial charge on any atom is 0.148 e. The maximum absolute atomic E-state index is 9.93. The van der Waals surface area contributed by atoms with Crippen LogP contribution in [0.5, 0.6) is 0 Å². The van der Waals surface area contributed by atoms with Crippen molar-refractivity contribution in [1.82, 2.24) is 0 Å². The Morgan fingerprint density at radius 3 is 1.77 bits per heavy atom. The second-order valence-corrected chi connectivity index (χ2v) is 6.97. The molecule has 0 rings (SSSR count). The summed E-state index contributed by atoms with van der Waals surface area (Å²) < 4.78 is 0. The van der Waals surface area contributed by atoms with Gasteiger partial charge in [0.1, 0.15) is 5.56 Å². The highest BCUT2D eigenvalue weighted by molar-refractivity contribution is 6.20. The molecule has 22 heavy (non-hydrogen) atoms. The molecule has 0 radical (unpaired) electrons. The number of hydrogen-bond acceptors (Lipinski definition) is 4. The summed E-state index contributed by atoms with van der Waals surface area (Å²) in [7, 11) is 0. The summed E-state index contributed by atoms with van der Waals surface area (Å²) in [4.78, 5) is 0. The van der Waals surface area contributed by atoms with Crippen LogP contribution in [-0.2, 0) is 0 Å². The first-order chi connectivity index (χ1) is 10.5. The Hall–Kier alpha value is 0.130. The van der Waals surface area contributed by atoms with Crippen molar-refractivity contribution in [2.24, 2.45) is 5.73 Å². The van der Waals surface area contributed by atoms with Crippen molar-refractivity contribution in [2.45, 2.75) is 101 Å². The average Bonchev–Trinajstić information content (AvgIpc) is 2.48. The fourth-order valence-corrected chi connectivity index (χ4v) is 2.80. The quantitative estimate of drug-likeness (QED) is 0.273. The smallest absolute Gasteiger partial charge is 0.148 e. The molecule has 4 nitrogen and oxygen atoms in total. The number of aliphatic hydroxyl groups excluding tert-OH is 3. The van der Waals surface area contributed by atoms with Gasteiger partial charge in [-0.05, 0) is 12.8 Å². The Balaban J connectivity index is 3.51. The van der Waals surface area contributed by atoms with Crippen LogP contribution in [-0.4, -0.2) is 39.1 Å². The van der Waals surface area contributed by atoms with Gasteiger partial charge < -0.3 is 21.1 Å². The lowest BCUT2D eigenvalue weighted by atomic mass is 9.92. The predicted octanol–water partition coefficient (Wildman–Crippen LogP) is 3.30. The lowest BCUT2D eigenvalue weighted by Gasteiger charge is -2.30. The maximum atomic E-state index is 9.93. The largest absolute Gasteiger partial charge is 0.394 e. The number of hydrogen-bond donors (Lipinski definition) is 4. The molecule has 0 aliphatic carbocycles. The molecule has 5 heteroatoms. The highest BCUT2D eigenvalue weighted by atomic mass is 35.5. The van der Waals surface area contributed by atoms with Crippen molar-refractivity contribution in [2.75, 3.05) is 6.61 Å². The van der Waals surface area contributed by atoms with E-state index < -0.39 is 23.8 Å². The third-order valence-electron chi connectivity index (χ3n) is 4.28. The standard InChI is InChI=1S/C17H36ClNO3/c1-2-3-4-5-6-7-8-9-10-11-12-15(21)13-17(19,14-20)16(18)22/h15-16,20-22H,2-14,19H2,1H3. The van der Waals surface area contributed by atoms with Crippen LogP contribution < -0.4 is 5.73 Å². The summed E-state index contributed by atoms with van der Waals surface area (Å²) in [5.41, 5.74) is 3.10. The molecule has 3 atom stereocenters. The van der Waals surface area contributed by atoms with E-state index in [4.69, 9.17) is 17.3 Å². The van der Waals surface area contributed by atoms with Gasteiger partial charge in [-0.2, -0.15) is 0 Å². The summed E-state index contributed by atoms with van der Waals surface area (Å²) in [5.74, 6) is 0. The van der Waals surface area contributed by atoms with E-state index in [1.54, 1.807) is 0 Å². The van der Waals surface area contributed by atoms with Crippen LogP contribution in [0.1, 0.15) is 84.0 Å². The molecular weight excluding hydrogens is 302 g/mol. The zero-order valence-electron chi connectivity index (χ0n) is 14.1. The van der Waals surface area contributed by atoms with Gasteiger partial charge in [-0.15, -0.1) is 0 Å². The Kier molecular flexibility index (Phi) is 13.6. The average molecular weight is 338 g/mol. The Labute approximate surface area is 141 Å². The van der Waals surface area contributed by atoms with Crippen LogP contribution in [0.15, 0.2) is 0 Å². The van der Waals surface area contributed by atoms with Crippen molar-refractivity contribution in [1.29, 1.82) is 0 Å². The first-order valence-corrected chi connectivity index (χ1v) is 9.30. The van der Waals surface area contributed by atoms with Crippen LogP contribution in [0, 0.1) is 0 Å². The van der Waals surface area contributed by atoms with E-state index in [2.05, 4.69) is 6.92 Å². The Morgan fingerprint density at radius 2 is 1.36 bits per heavy atom. The molecule has 0 heterocycles. The minimum Gasteiger partial charge on any atom is -0.394 e. The molecule has 0 saturated heterocycles. The SMILES string of the molecule is CCCCCCCCCCCCC(O)CC(N)(CO)C(O)Cl. The zero-order valence-corrected chi connectivity index (χ0v) is 14.9. The van der Waals surface area contributed by atoms with Crippen molar-refractivity contribution < 1.29 is 15.3 Å². The molecule has 134 valence electrons. The molecule has 0 amide bonds. The first kappa shape index (κ1) is 22.1. The van der Waals surface area contributed by atoms with E-state index in [0.29, 0.717) is 6.42 Å². The van der Waals surface area contributed by atoms with Gasteiger partial charge in [0.05, 0.1) is 18.2 Å². The van der Waals surface area contributed by atoms with Gasteiger partial charge in [0.15, 0.2) is 0 Å². The van der Waals surface area contributed by atoms with Gasteiger partial charge in [0.2, 0.25) is 0 Å². The van der Waals surface area contributed by atoms with E-state index >= 15 is 0 Å². The fourth-order valence-electron chi connectivity index (χ4n) is 2.65. The van der Waals surface area contributed by atoms with Gasteiger partial charge in [-0.1, -0.05) is 82.7 Å². The monoisotopic (exact) mass is 337 g/mol. The summed E-state index contributed by atoms with van der Waals surface area (Å²) >= 11 is 5.55. The van der Waals surface area contributed by atoms with Crippen molar-refractivity contribution in [3.05, 3.63) is 0 Å². The third-order valence-corrected chi connectivity index (χ3v) is 4.71. The number of nitrogens with two attached hydrogens (primary N) is 1. The minimum absolute atomic E-state index is 0.117. The molecular formula is C17H36ClNO3. The van der Waals surface area contributed by atoms with E-state index in [-0.39, 0.29) is 6.42 Å². The number of aliphatic hydroxyl groups is 3.